The summed E-state index contributed by atoms with van der Waals surface area (Å²) in [6.07, 6.45) is 5.52. The molecule has 1 rings (SSSR count). The van der Waals surface area contributed by atoms with Crippen LogP contribution < -0.4 is 4.57 Å². The van der Waals surface area contributed by atoms with Crippen LogP contribution in [0.4, 0.5) is 0 Å². The maximum absolute atomic E-state index is 10.7. The van der Waals surface area contributed by atoms with Crippen LogP contribution in [0.5, 0.6) is 0 Å². The summed E-state index contributed by atoms with van der Waals surface area (Å²) in [5.74, 6) is 0.251. The number of aromatic nitrogens is 1. The molecule has 1 aromatic rings. The Balaban J connectivity index is 2.57. The zero-order valence-corrected chi connectivity index (χ0v) is 7.58. The third kappa shape index (κ3) is 2.82. The van der Waals surface area contributed by atoms with Crippen LogP contribution in [-0.4, -0.2) is 5.78 Å². The normalized spacial score (nSPS) is 9.83. The van der Waals surface area contributed by atoms with E-state index in [-0.39, 0.29) is 5.78 Å². The highest BCUT2D eigenvalue weighted by atomic mass is 16.1. The molecule has 1 heterocycles. The molecule has 0 aromatic carbocycles. The summed E-state index contributed by atoms with van der Waals surface area (Å²) in [6, 6.07) is 4.04. The summed E-state index contributed by atoms with van der Waals surface area (Å²) < 4.78 is 2.00. The van der Waals surface area contributed by atoms with Gasteiger partial charge in [0, 0.05) is 18.1 Å². The molecule has 0 saturated heterocycles. The lowest BCUT2D eigenvalue weighted by molar-refractivity contribution is -0.671. The lowest BCUT2D eigenvalue weighted by atomic mass is 10.1. The van der Waals surface area contributed by atoms with E-state index in [1.807, 2.05) is 36.1 Å². The molecule has 0 bridgehead atoms. The van der Waals surface area contributed by atoms with Crippen molar-refractivity contribution in [3.8, 4) is 0 Å². The summed E-state index contributed by atoms with van der Waals surface area (Å²) in [7, 11) is 1.98. The van der Waals surface area contributed by atoms with E-state index in [2.05, 4.69) is 0 Å². The third-order valence-corrected chi connectivity index (χ3v) is 1.77. The van der Waals surface area contributed by atoms with E-state index in [1.165, 1.54) is 5.56 Å². The van der Waals surface area contributed by atoms with Crippen LogP contribution in [0.3, 0.4) is 0 Å². The molecule has 0 N–H and O–H groups in total. The highest BCUT2D eigenvalue weighted by Gasteiger charge is 1.99. The summed E-state index contributed by atoms with van der Waals surface area (Å²) in [4.78, 5) is 10.7. The van der Waals surface area contributed by atoms with Crippen LogP contribution >= 0.6 is 0 Å². The lowest BCUT2D eigenvalue weighted by Gasteiger charge is -1.95. The van der Waals surface area contributed by atoms with E-state index in [1.54, 1.807) is 6.92 Å². The minimum Gasteiger partial charge on any atom is -0.300 e. The van der Waals surface area contributed by atoms with Gasteiger partial charge in [-0.1, -0.05) is 0 Å². The minimum absolute atomic E-state index is 0.251. The molecule has 0 fully saturated rings. The minimum atomic E-state index is 0.251. The van der Waals surface area contributed by atoms with E-state index < -0.39 is 0 Å². The Morgan fingerprint density at radius 3 is 2.92 bits per heavy atom. The number of hydrogen-bond donors (Lipinski definition) is 0. The predicted molar refractivity (Wildman–Crippen MR) is 46.6 cm³/mol. The van der Waals surface area contributed by atoms with Crippen molar-refractivity contribution in [2.75, 3.05) is 0 Å². The number of Topliss-reactive ketones (excluding diaryl/α,β-unsaturated/α-hetero) is 1. The van der Waals surface area contributed by atoms with Crippen molar-refractivity contribution in [1.29, 1.82) is 0 Å². The largest absolute Gasteiger partial charge is 0.300 e. The van der Waals surface area contributed by atoms with Crippen LogP contribution in [0, 0.1) is 0 Å². The summed E-state index contributed by atoms with van der Waals surface area (Å²) >= 11 is 0. The first kappa shape index (κ1) is 8.91. The molecule has 0 saturated carbocycles. The number of aryl methyl sites for hydroxylation is 2. The molecule has 0 amide bonds. The highest BCUT2D eigenvalue weighted by Crippen LogP contribution is 1.99. The SMILES string of the molecule is CC(=O)CCc1ccc[n+](C)c1. The Labute approximate surface area is 72.8 Å². The van der Waals surface area contributed by atoms with Crippen molar-refractivity contribution in [3.63, 3.8) is 0 Å². The van der Waals surface area contributed by atoms with Gasteiger partial charge < -0.3 is 4.79 Å². The predicted octanol–water partition coefficient (Wildman–Crippen LogP) is 1.03. The Morgan fingerprint density at radius 1 is 1.58 bits per heavy atom. The maximum Gasteiger partial charge on any atom is 0.171 e. The number of rotatable bonds is 3. The molecule has 0 aliphatic carbocycles. The zero-order chi connectivity index (χ0) is 8.97. The molecule has 0 aliphatic heterocycles. The van der Waals surface area contributed by atoms with Gasteiger partial charge in [-0.3, -0.25) is 0 Å². The second kappa shape index (κ2) is 4.00. The third-order valence-electron chi connectivity index (χ3n) is 1.77. The molecular weight excluding hydrogens is 150 g/mol. The molecule has 12 heavy (non-hydrogen) atoms. The van der Waals surface area contributed by atoms with Crippen molar-refractivity contribution in [1.82, 2.24) is 0 Å². The number of hydrogen-bond acceptors (Lipinski definition) is 1. The van der Waals surface area contributed by atoms with Gasteiger partial charge in [0.05, 0.1) is 0 Å². The smallest absolute Gasteiger partial charge is 0.171 e. The Morgan fingerprint density at radius 2 is 2.33 bits per heavy atom. The molecule has 0 spiro atoms. The number of carbonyl (C=O) groups is 1. The zero-order valence-electron chi connectivity index (χ0n) is 7.58. The quantitative estimate of drug-likeness (QED) is 0.611. The molecule has 64 valence electrons. The van der Waals surface area contributed by atoms with Gasteiger partial charge in [0.2, 0.25) is 0 Å². The van der Waals surface area contributed by atoms with Crippen molar-refractivity contribution in [2.45, 2.75) is 19.8 Å². The average molecular weight is 164 g/mol. The molecule has 0 unspecified atom stereocenters. The van der Waals surface area contributed by atoms with Gasteiger partial charge in [0.25, 0.3) is 0 Å². The van der Waals surface area contributed by atoms with Gasteiger partial charge in [-0.05, 0) is 19.4 Å². The fourth-order valence-electron chi connectivity index (χ4n) is 1.12. The van der Waals surface area contributed by atoms with Crippen LogP contribution in [0.15, 0.2) is 24.5 Å². The van der Waals surface area contributed by atoms with Gasteiger partial charge in [-0.2, -0.15) is 0 Å². The Hall–Kier alpha value is -1.18. The first-order chi connectivity index (χ1) is 5.68. The van der Waals surface area contributed by atoms with Crippen LogP contribution in [-0.2, 0) is 18.3 Å². The van der Waals surface area contributed by atoms with E-state index in [0.717, 1.165) is 6.42 Å². The number of nitrogens with zero attached hydrogens (tertiary/aromatic N) is 1. The highest BCUT2D eigenvalue weighted by molar-refractivity contribution is 5.75. The van der Waals surface area contributed by atoms with E-state index in [0.29, 0.717) is 6.42 Å². The van der Waals surface area contributed by atoms with Crippen LogP contribution in [0.25, 0.3) is 0 Å². The van der Waals surface area contributed by atoms with Crippen molar-refractivity contribution < 1.29 is 9.36 Å². The molecule has 2 nitrogen and oxygen atoms in total. The molecule has 0 aliphatic rings. The fraction of sp³-hybridized carbons (Fsp3) is 0.400. The number of pyridine rings is 1. The Kier molecular flexibility index (Phi) is 2.97. The van der Waals surface area contributed by atoms with Crippen molar-refractivity contribution >= 4 is 5.78 Å². The Bertz CT molecular complexity index is 281. The number of ketones is 1. The fourth-order valence-corrected chi connectivity index (χ4v) is 1.12. The van der Waals surface area contributed by atoms with Crippen molar-refractivity contribution in [2.24, 2.45) is 7.05 Å². The average Bonchev–Trinajstić information content (AvgIpc) is 2.01. The van der Waals surface area contributed by atoms with Crippen LogP contribution in [0.2, 0.25) is 0 Å². The summed E-state index contributed by atoms with van der Waals surface area (Å²) in [5, 5.41) is 0. The molecule has 0 atom stereocenters. The topological polar surface area (TPSA) is 20.9 Å². The number of carbonyl (C=O) groups excluding carboxylic acids is 1. The monoisotopic (exact) mass is 164 g/mol. The second-order valence-electron chi connectivity index (χ2n) is 3.08. The standard InChI is InChI=1S/C10H14NO/c1-9(12)5-6-10-4-3-7-11(2)8-10/h3-4,7-8H,5-6H2,1-2H3/q+1. The molecule has 1 aromatic heterocycles. The second-order valence-corrected chi connectivity index (χ2v) is 3.08. The maximum atomic E-state index is 10.7. The molecular formula is C10H14NO+. The summed E-state index contributed by atoms with van der Waals surface area (Å²) in [5.41, 5.74) is 1.22. The van der Waals surface area contributed by atoms with Gasteiger partial charge >= 0.3 is 0 Å². The van der Waals surface area contributed by atoms with Crippen LogP contribution in [0.1, 0.15) is 18.9 Å². The van der Waals surface area contributed by atoms with Crippen molar-refractivity contribution in [3.05, 3.63) is 30.1 Å². The van der Waals surface area contributed by atoms with Gasteiger partial charge in [-0.15, -0.1) is 0 Å². The lowest BCUT2D eigenvalue weighted by Crippen LogP contribution is -2.26. The van der Waals surface area contributed by atoms with E-state index >= 15 is 0 Å². The molecule has 2 heteroatoms. The summed E-state index contributed by atoms with van der Waals surface area (Å²) in [6.45, 7) is 1.63. The first-order valence-electron chi connectivity index (χ1n) is 4.12. The molecule has 0 radical (unpaired) electrons. The van der Waals surface area contributed by atoms with E-state index in [9.17, 15) is 4.79 Å². The van der Waals surface area contributed by atoms with E-state index in [4.69, 9.17) is 0 Å². The van der Waals surface area contributed by atoms with Gasteiger partial charge in [0.15, 0.2) is 12.4 Å². The first-order valence-corrected chi connectivity index (χ1v) is 4.12. The van der Waals surface area contributed by atoms with Gasteiger partial charge in [0.1, 0.15) is 12.8 Å². The van der Waals surface area contributed by atoms with Gasteiger partial charge in [-0.25, -0.2) is 4.57 Å².